The molecule has 6 rings (SSSR count). The van der Waals surface area contributed by atoms with Crippen molar-refractivity contribution in [3.05, 3.63) is 63.6 Å². The van der Waals surface area contributed by atoms with E-state index in [0.717, 1.165) is 6.07 Å². The first kappa shape index (κ1) is 24.7. The van der Waals surface area contributed by atoms with Crippen molar-refractivity contribution in [1.82, 2.24) is 16.1 Å². The molecule has 2 aromatic rings. The van der Waals surface area contributed by atoms with Gasteiger partial charge in [-0.15, -0.1) is 0 Å². The zero-order valence-electron chi connectivity index (χ0n) is 18.6. The van der Waals surface area contributed by atoms with E-state index in [1.54, 1.807) is 6.07 Å². The second-order valence-electron chi connectivity index (χ2n) is 9.54. The van der Waals surface area contributed by atoms with E-state index >= 15 is 0 Å². The zero-order chi connectivity index (χ0) is 24.8. The fourth-order valence-corrected chi connectivity index (χ4v) is 5.70. The molecule has 1 amide bonds. The Morgan fingerprint density at radius 3 is 2.46 bits per heavy atom. The summed E-state index contributed by atoms with van der Waals surface area (Å²) in [6, 6.07) is 8.52. The first-order chi connectivity index (χ1) is 16.7. The number of aliphatic hydroxyl groups is 1. The van der Waals surface area contributed by atoms with E-state index in [1.807, 2.05) is 0 Å². The molecule has 0 aromatic heterocycles. The second-order valence-corrected chi connectivity index (χ2v) is 10.3. The second kappa shape index (κ2) is 9.46. The van der Waals surface area contributed by atoms with Crippen molar-refractivity contribution in [2.75, 3.05) is 6.61 Å². The molecule has 188 valence electrons. The van der Waals surface area contributed by atoms with Crippen molar-refractivity contribution >= 4 is 29.1 Å². The monoisotopic (exact) mass is 527 g/mol. The van der Waals surface area contributed by atoms with Gasteiger partial charge in [0.05, 0.1) is 16.1 Å². The molecule has 7 nitrogen and oxygen atoms in total. The molecule has 1 aliphatic heterocycles. The van der Waals surface area contributed by atoms with Crippen LogP contribution in [0, 0.1) is 17.0 Å². The Kier molecular flexibility index (Phi) is 6.67. The van der Waals surface area contributed by atoms with E-state index < -0.39 is 41.1 Å². The highest BCUT2D eigenvalue weighted by Crippen LogP contribution is 2.55. The van der Waals surface area contributed by atoms with Crippen LogP contribution < -0.4 is 20.9 Å². The van der Waals surface area contributed by atoms with Gasteiger partial charge in [-0.2, -0.15) is 5.48 Å². The molecule has 1 saturated heterocycles. The van der Waals surface area contributed by atoms with Gasteiger partial charge in [-0.05, 0) is 61.9 Å². The summed E-state index contributed by atoms with van der Waals surface area (Å²) >= 11 is 11.4. The first-order valence-electron chi connectivity index (χ1n) is 11.4. The number of ether oxygens (including phenoxy) is 1. The Balaban J connectivity index is 1.19. The summed E-state index contributed by atoms with van der Waals surface area (Å²) in [5.41, 5.74) is 2.44. The largest absolute Gasteiger partial charge is 0.484 e. The number of benzene rings is 2. The van der Waals surface area contributed by atoms with Crippen molar-refractivity contribution in [2.45, 2.75) is 56.1 Å². The minimum absolute atomic E-state index is 0.0230. The molecule has 0 radical (unpaired) electrons. The summed E-state index contributed by atoms with van der Waals surface area (Å²) in [6.45, 7) is -0.277. The van der Waals surface area contributed by atoms with Crippen molar-refractivity contribution < 1.29 is 28.3 Å². The van der Waals surface area contributed by atoms with Crippen LogP contribution in [0.15, 0.2) is 36.4 Å². The summed E-state index contributed by atoms with van der Waals surface area (Å²) < 4.78 is 32.9. The van der Waals surface area contributed by atoms with Gasteiger partial charge in [0, 0.05) is 17.0 Å². The van der Waals surface area contributed by atoms with Crippen molar-refractivity contribution in [2.24, 2.45) is 5.41 Å². The zero-order valence-corrected chi connectivity index (χ0v) is 20.1. The highest BCUT2D eigenvalue weighted by molar-refractivity contribution is 6.31. The minimum atomic E-state index is -0.725. The number of carbonyl (C=O) groups excluding carboxylic acids is 1. The van der Waals surface area contributed by atoms with Gasteiger partial charge in [-0.3, -0.25) is 14.9 Å². The molecule has 0 spiro atoms. The number of nitrogens with one attached hydrogen (secondary N) is 3. The molecule has 3 atom stereocenters. The Hall–Kier alpha value is -2.01. The predicted molar refractivity (Wildman–Crippen MR) is 125 cm³/mol. The molecule has 2 unspecified atom stereocenters. The lowest BCUT2D eigenvalue weighted by Crippen LogP contribution is -2.66. The van der Waals surface area contributed by atoms with E-state index in [4.69, 9.17) is 32.8 Å². The van der Waals surface area contributed by atoms with E-state index in [0.29, 0.717) is 37.7 Å². The maximum Gasteiger partial charge on any atom is 0.258 e. The highest BCUT2D eigenvalue weighted by Gasteiger charge is 2.59. The smallest absolute Gasteiger partial charge is 0.258 e. The van der Waals surface area contributed by atoms with E-state index in [2.05, 4.69) is 16.1 Å². The molecule has 2 aromatic carbocycles. The Morgan fingerprint density at radius 1 is 1.11 bits per heavy atom. The number of carbonyl (C=O) groups is 1. The lowest BCUT2D eigenvalue weighted by atomic mass is 9.55. The van der Waals surface area contributed by atoms with Crippen LogP contribution in [0.25, 0.3) is 0 Å². The van der Waals surface area contributed by atoms with Crippen LogP contribution in [0.1, 0.15) is 43.8 Å². The maximum atomic E-state index is 13.9. The number of hydrogen-bond donors (Lipinski definition) is 4. The molecule has 4 aliphatic rings. The molecule has 1 heterocycles. The minimum Gasteiger partial charge on any atom is -0.484 e. The lowest BCUT2D eigenvalue weighted by Gasteiger charge is -2.57. The van der Waals surface area contributed by atoms with Gasteiger partial charge in [0.25, 0.3) is 5.91 Å². The number of aliphatic hydroxyl groups excluding tert-OH is 1. The van der Waals surface area contributed by atoms with Crippen molar-refractivity contribution in [3.8, 4) is 5.75 Å². The fraction of sp³-hybridized carbons (Fsp3) is 0.458. The Morgan fingerprint density at radius 2 is 1.80 bits per heavy atom. The number of hydroxylamine groups is 1. The van der Waals surface area contributed by atoms with Crippen LogP contribution in [0.3, 0.4) is 0 Å². The standard InChI is InChI=1S/C24H25Cl2F2N3O4/c25-15-3-1-13(9-17(15)27)21-29-22(35-31-21)24-7-5-23(6-8-24,11-19(24)32)30-20(33)12-34-14-2-4-16(26)18(28)10-14/h1-4,9-10,19,21-22,29,31-32H,5-8,11-12H2,(H,30,33)/t19-,21?,22?,23?,24?/m1/s1. The van der Waals surface area contributed by atoms with Crippen LogP contribution in [0.5, 0.6) is 5.75 Å². The fourth-order valence-electron chi connectivity index (χ4n) is 5.46. The average molecular weight is 528 g/mol. The van der Waals surface area contributed by atoms with Gasteiger partial charge in [0.15, 0.2) is 6.61 Å². The van der Waals surface area contributed by atoms with Gasteiger partial charge in [-0.1, -0.05) is 29.3 Å². The van der Waals surface area contributed by atoms with E-state index in [9.17, 15) is 18.7 Å². The average Bonchev–Trinajstić information content (AvgIpc) is 3.33. The maximum absolute atomic E-state index is 13.9. The molecular weight excluding hydrogens is 503 g/mol. The quantitative estimate of drug-likeness (QED) is 0.454. The van der Waals surface area contributed by atoms with Crippen LogP contribution in [0.2, 0.25) is 10.0 Å². The third kappa shape index (κ3) is 4.73. The van der Waals surface area contributed by atoms with Crippen molar-refractivity contribution in [3.63, 3.8) is 0 Å². The number of amides is 1. The number of hydrogen-bond acceptors (Lipinski definition) is 6. The van der Waals surface area contributed by atoms with Gasteiger partial charge in [0.1, 0.15) is 29.8 Å². The van der Waals surface area contributed by atoms with Crippen LogP contribution >= 0.6 is 23.2 Å². The molecular formula is C24H25Cl2F2N3O4. The molecule has 35 heavy (non-hydrogen) atoms. The molecule has 2 bridgehead atoms. The van der Waals surface area contributed by atoms with Crippen LogP contribution in [-0.2, 0) is 9.63 Å². The predicted octanol–water partition coefficient (Wildman–Crippen LogP) is 3.98. The third-order valence-corrected chi connectivity index (χ3v) is 8.09. The van der Waals surface area contributed by atoms with E-state index in [-0.39, 0.29) is 28.3 Å². The van der Waals surface area contributed by atoms with Gasteiger partial charge < -0.3 is 15.2 Å². The molecule has 3 aliphatic carbocycles. The van der Waals surface area contributed by atoms with Gasteiger partial charge in [0.2, 0.25) is 0 Å². The first-order valence-corrected chi connectivity index (χ1v) is 12.1. The van der Waals surface area contributed by atoms with Crippen LogP contribution in [-0.4, -0.2) is 35.5 Å². The SMILES string of the molecule is O=C(COc1ccc(Cl)c(F)c1)NC12CCC(C3NC(c4ccc(Cl)c(F)c4)NO3)(CC1)[C@H](O)C2. The molecule has 3 saturated carbocycles. The Labute approximate surface area is 211 Å². The summed E-state index contributed by atoms with van der Waals surface area (Å²) in [5, 5.41) is 17.5. The van der Waals surface area contributed by atoms with Gasteiger partial charge >= 0.3 is 0 Å². The summed E-state index contributed by atoms with van der Waals surface area (Å²) in [7, 11) is 0. The van der Waals surface area contributed by atoms with E-state index in [1.165, 1.54) is 24.3 Å². The van der Waals surface area contributed by atoms with Crippen molar-refractivity contribution in [1.29, 1.82) is 0 Å². The summed E-state index contributed by atoms with van der Waals surface area (Å²) in [5.74, 6) is -1.28. The lowest BCUT2D eigenvalue weighted by molar-refractivity contribution is -0.176. The van der Waals surface area contributed by atoms with Crippen LogP contribution in [0.4, 0.5) is 8.78 Å². The molecule has 4 fully saturated rings. The number of fused-ring (bicyclic) bond motifs is 3. The number of rotatable bonds is 6. The highest BCUT2D eigenvalue weighted by atomic mass is 35.5. The normalized spacial score (nSPS) is 32.0. The molecule has 11 heteroatoms. The summed E-state index contributed by atoms with van der Waals surface area (Å²) in [4.78, 5) is 18.4. The Bertz CT molecular complexity index is 1130. The third-order valence-electron chi connectivity index (χ3n) is 7.47. The topological polar surface area (TPSA) is 91.9 Å². The number of halogens is 4. The van der Waals surface area contributed by atoms with Gasteiger partial charge in [-0.25, -0.2) is 8.78 Å². The molecule has 4 N–H and O–H groups in total. The summed E-state index contributed by atoms with van der Waals surface area (Å²) in [6.07, 6.45) is 1.28.